The van der Waals surface area contributed by atoms with E-state index in [4.69, 9.17) is 25.8 Å². The van der Waals surface area contributed by atoms with Gasteiger partial charge in [0.25, 0.3) is 0 Å². The van der Waals surface area contributed by atoms with E-state index < -0.39 is 29.3 Å². The number of aromatic nitrogens is 3. The minimum Gasteiger partial charge on any atom is -0.393 e. The fraction of sp³-hybridized carbons (Fsp3) is 0.625. The molecule has 130 valence electrons. The standard InChI is InChI=1S/C16H20ClN3O4/c1-14(2)22-10-13(23-15(3,7-21)16(10,4)24-14)20-6-5-9-11(17)18-8-19-12(9)20/h5-6,8,10,13,21H,7H2,1-4H3/t10-,13+,15?,16-/m0/s1. The molecular formula is C16H20ClN3O4. The zero-order valence-corrected chi connectivity index (χ0v) is 14.7. The summed E-state index contributed by atoms with van der Waals surface area (Å²) < 4.78 is 20.4. The maximum Gasteiger partial charge on any atom is 0.165 e. The first-order valence-corrected chi connectivity index (χ1v) is 8.22. The molecule has 0 aliphatic carbocycles. The lowest BCUT2D eigenvalue weighted by Crippen LogP contribution is -2.54. The monoisotopic (exact) mass is 353 g/mol. The van der Waals surface area contributed by atoms with Gasteiger partial charge in [-0.2, -0.15) is 0 Å². The van der Waals surface area contributed by atoms with Gasteiger partial charge in [0.05, 0.1) is 12.0 Å². The molecule has 0 aromatic carbocycles. The van der Waals surface area contributed by atoms with Crippen molar-refractivity contribution in [2.45, 2.75) is 57.0 Å². The lowest BCUT2D eigenvalue weighted by Gasteiger charge is -2.36. The second kappa shape index (κ2) is 4.89. The van der Waals surface area contributed by atoms with Gasteiger partial charge in [0, 0.05) is 6.20 Å². The first kappa shape index (κ1) is 16.2. The Kier molecular flexibility index (Phi) is 3.31. The first-order valence-electron chi connectivity index (χ1n) is 7.84. The van der Waals surface area contributed by atoms with Crippen LogP contribution < -0.4 is 0 Å². The number of aliphatic hydroxyl groups is 1. The number of hydrogen-bond donors (Lipinski definition) is 1. The van der Waals surface area contributed by atoms with Gasteiger partial charge < -0.3 is 23.9 Å². The van der Waals surface area contributed by atoms with Gasteiger partial charge in [-0.3, -0.25) is 0 Å². The lowest BCUT2D eigenvalue weighted by atomic mass is 9.84. The highest BCUT2D eigenvalue weighted by Crippen LogP contribution is 2.55. The van der Waals surface area contributed by atoms with E-state index in [1.807, 2.05) is 44.5 Å². The highest BCUT2D eigenvalue weighted by atomic mass is 35.5. The van der Waals surface area contributed by atoms with E-state index in [0.717, 1.165) is 5.39 Å². The number of aliphatic hydroxyl groups excluding tert-OH is 1. The lowest BCUT2D eigenvalue weighted by molar-refractivity contribution is -0.241. The van der Waals surface area contributed by atoms with Gasteiger partial charge in [0.15, 0.2) is 12.0 Å². The highest BCUT2D eigenvalue weighted by Gasteiger charge is 2.69. The van der Waals surface area contributed by atoms with Crippen molar-refractivity contribution >= 4 is 22.6 Å². The van der Waals surface area contributed by atoms with Gasteiger partial charge >= 0.3 is 0 Å². The van der Waals surface area contributed by atoms with Crippen LogP contribution in [0, 0.1) is 0 Å². The number of ether oxygens (including phenoxy) is 3. The van der Waals surface area contributed by atoms with Crippen LogP contribution in [0.15, 0.2) is 18.6 Å². The zero-order valence-electron chi connectivity index (χ0n) is 14.0. The molecule has 0 saturated carbocycles. The summed E-state index contributed by atoms with van der Waals surface area (Å²) in [4.78, 5) is 8.32. The summed E-state index contributed by atoms with van der Waals surface area (Å²) in [6.45, 7) is 7.27. The summed E-state index contributed by atoms with van der Waals surface area (Å²) >= 11 is 6.14. The van der Waals surface area contributed by atoms with E-state index in [2.05, 4.69) is 9.97 Å². The third-order valence-corrected chi connectivity index (χ3v) is 5.44. The summed E-state index contributed by atoms with van der Waals surface area (Å²) in [7, 11) is 0. The van der Waals surface area contributed by atoms with Crippen molar-refractivity contribution in [2.75, 3.05) is 6.61 Å². The summed E-state index contributed by atoms with van der Waals surface area (Å²) in [6, 6.07) is 1.84. The molecule has 2 aliphatic heterocycles. The summed E-state index contributed by atoms with van der Waals surface area (Å²) in [5, 5.41) is 11.1. The molecule has 2 aromatic heterocycles. The Bertz CT molecular complexity index is 810. The maximum atomic E-state index is 9.96. The van der Waals surface area contributed by atoms with Crippen LogP contribution in [-0.2, 0) is 14.2 Å². The molecule has 8 heteroatoms. The first-order chi connectivity index (χ1) is 11.2. The van der Waals surface area contributed by atoms with Gasteiger partial charge in [0.2, 0.25) is 0 Å². The molecule has 2 saturated heterocycles. The van der Waals surface area contributed by atoms with Crippen LogP contribution in [0.4, 0.5) is 0 Å². The van der Waals surface area contributed by atoms with E-state index >= 15 is 0 Å². The quantitative estimate of drug-likeness (QED) is 0.834. The highest BCUT2D eigenvalue weighted by molar-refractivity contribution is 6.33. The third-order valence-electron chi connectivity index (χ3n) is 5.14. The van der Waals surface area contributed by atoms with Crippen LogP contribution in [-0.4, -0.2) is 49.3 Å². The Labute approximate surface area is 144 Å². The van der Waals surface area contributed by atoms with Crippen molar-refractivity contribution in [2.24, 2.45) is 0 Å². The second-order valence-corrected chi connectivity index (χ2v) is 7.53. The molecule has 1 unspecified atom stereocenters. The SMILES string of the molecule is CC1(C)O[C@H]2[C@H](n3ccc4c(Cl)ncnc43)OC(C)(CO)[C@@]2(C)O1. The van der Waals surface area contributed by atoms with Crippen molar-refractivity contribution < 1.29 is 19.3 Å². The van der Waals surface area contributed by atoms with Crippen molar-refractivity contribution in [1.82, 2.24) is 14.5 Å². The van der Waals surface area contributed by atoms with E-state index in [1.165, 1.54) is 6.33 Å². The van der Waals surface area contributed by atoms with Crippen molar-refractivity contribution in [1.29, 1.82) is 0 Å². The average molecular weight is 354 g/mol. The molecule has 4 heterocycles. The average Bonchev–Trinajstić information content (AvgIpc) is 3.10. The molecule has 0 amide bonds. The minimum absolute atomic E-state index is 0.190. The molecule has 2 aromatic rings. The molecule has 2 fully saturated rings. The molecule has 7 nitrogen and oxygen atoms in total. The van der Waals surface area contributed by atoms with Crippen LogP contribution in [0.2, 0.25) is 5.15 Å². The number of halogens is 1. The van der Waals surface area contributed by atoms with E-state index in [-0.39, 0.29) is 6.61 Å². The van der Waals surface area contributed by atoms with Gasteiger partial charge in [-0.05, 0) is 33.8 Å². The summed E-state index contributed by atoms with van der Waals surface area (Å²) in [6.07, 6.45) is 2.34. The van der Waals surface area contributed by atoms with Crippen LogP contribution >= 0.6 is 11.6 Å². The molecule has 0 bridgehead atoms. The predicted molar refractivity (Wildman–Crippen MR) is 86.6 cm³/mol. The molecule has 0 radical (unpaired) electrons. The second-order valence-electron chi connectivity index (χ2n) is 7.17. The molecule has 0 spiro atoms. The Balaban J connectivity index is 1.85. The topological polar surface area (TPSA) is 78.6 Å². The van der Waals surface area contributed by atoms with Gasteiger partial charge in [-0.25, -0.2) is 9.97 Å². The Morgan fingerprint density at radius 1 is 1.25 bits per heavy atom. The van der Waals surface area contributed by atoms with Crippen LogP contribution in [0.5, 0.6) is 0 Å². The van der Waals surface area contributed by atoms with Crippen LogP contribution in [0.25, 0.3) is 11.0 Å². The number of nitrogens with zero attached hydrogens (tertiary/aromatic N) is 3. The molecular weight excluding hydrogens is 334 g/mol. The van der Waals surface area contributed by atoms with Crippen LogP contribution in [0.3, 0.4) is 0 Å². The number of rotatable bonds is 2. The molecule has 2 aliphatic rings. The molecule has 1 N–H and O–H groups in total. The largest absolute Gasteiger partial charge is 0.393 e. The van der Waals surface area contributed by atoms with Gasteiger partial charge in [-0.15, -0.1) is 0 Å². The number of hydrogen-bond acceptors (Lipinski definition) is 6. The third kappa shape index (κ3) is 1.99. The fourth-order valence-corrected chi connectivity index (χ4v) is 3.93. The molecule has 24 heavy (non-hydrogen) atoms. The zero-order chi connectivity index (χ0) is 17.3. The van der Waals surface area contributed by atoms with Gasteiger partial charge in [-0.1, -0.05) is 11.6 Å². The normalized spacial score (nSPS) is 37.9. The Morgan fingerprint density at radius 2 is 2.00 bits per heavy atom. The predicted octanol–water partition coefficient (Wildman–Crippen LogP) is 2.27. The van der Waals surface area contributed by atoms with E-state index in [1.54, 1.807) is 0 Å². The molecule has 4 rings (SSSR count). The van der Waals surface area contributed by atoms with Crippen molar-refractivity contribution in [3.63, 3.8) is 0 Å². The summed E-state index contributed by atoms with van der Waals surface area (Å²) in [5.74, 6) is -0.770. The maximum absolute atomic E-state index is 9.96. The van der Waals surface area contributed by atoms with E-state index in [0.29, 0.717) is 10.8 Å². The Morgan fingerprint density at radius 3 is 2.71 bits per heavy atom. The fourth-order valence-electron chi connectivity index (χ4n) is 3.74. The molecule has 4 atom stereocenters. The smallest absolute Gasteiger partial charge is 0.165 e. The van der Waals surface area contributed by atoms with Crippen molar-refractivity contribution in [3.8, 4) is 0 Å². The van der Waals surface area contributed by atoms with E-state index in [9.17, 15) is 5.11 Å². The van der Waals surface area contributed by atoms with Crippen LogP contribution in [0.1, 0.15) is 33.9 Å². The Hall–Kier alpha value is -1.25. The van der Waals surface area contributed by atoms with Gasteiger partial charge in [0.1, 0.15) is 34.4 Å². The summed E-state index contributed by atoms with van der Waals surface area (Å²) in [5.41, 5.74) is -1.06. The minimum atomic E-state index is -0.913. The number of fused-ring (bicyclic) bond motifs is 2. The van der Waals surface area contributed by atoms with Crippen molar-refractivity contribution in [3.05, 3.63) is 23.7 Å².